The Hall–Kier alpha value is -0.810. The van der Waals surface area contributed by atoms with Gasteiger partial charge in [-0.2, -0.15) is 0 Å². The molecule has 18 heavy (non-hydrogen) atoms. The maximum absolute atomic E-state index is 11.5. The fourth-order valence-corrected chi connectivity index (χ4v) is 1.43. The second-order valence-corrected chi connectivity index (χ2v) is 4.09. The topological polar surface area (TPSA) is 50.4 Å². The molecule has 2 N–H and O–H groups in total. The van der Waals surface area contributed by atoms with Crippen LogP contribution in [0.2, 0.25) is 5.02 Å². The molecule has 0 aliphatic rings. The average Bonchev–Trinajstić information content (AvgIpc) is 2.30. The summed E-state index contributed by atoms with van der Waals surface area (Å²) in [6.07, 6.45) is 0. The molecule has 0 fully saturated rings. The van der Waals surface area contributed by atoms with Crippen LogP contribution in [-0.2, 0) is 9.53 Å². The van der Waals surface area contributed by atoms with Gasteiger partial charge in [0.05, 0.1) is 13.2 Å². The van der Waals surface area contributed by atoms with Crippen LogP contribution in [0.5, 0.6) is 0 Å². The molecule has 1 aromatic carbocycles. The molecule has 1 rings (SSSR count). The lowest BCUT2D eigenvalue weighted by Crippen LogP contribution is -2.30. The molecule has 0 saturated heterocycles. The summed E-state index contributed by atoms with van der Waals surface area (Å²) in [5, 5.41) is 6.37. The van der Waals surface area contributed by atoms with Crippen molar-refractivity contribution >= 4 is 35.6 Å². The van der Waals surface area contributed by atoms with Crippen LogP contribution < -0.4 is 10.6 Å². The molecule has 0 aromatic heterocycles. The lowest BCUT2D eigenvalue weighted by atomic mass is 10.2. The second-order valence-electron chi connectivity index (χ2n) is 3.68. The van der Waals surface area contributed by atoms with Gasteiger partial charge in [0.15, 0.2) is 0 Å². The predicted octanol–water partition coefficient (Wildman–Crippen LogP) is 2.24. The number of methoxy groups -OCH3 is 1. The molecule has 102 valence electrons. The Morgan fingerprint density at radius 2 is 2.17 bits per heavy atom. The molecule has 0 saturated carbocycles. The molecule has 0 aliphatic heterocycles. The van der Waals surface area contributed by atoms with Gasteiger partial charge >= 0.3 is 0 Å². The molecule has 0 aliphatic carbocycles. The van der Waals surface area contributed by atoms with Crippen LogP contribution in [0.3, 0.4) is 0 Å². The number of carbonyl (C=O) groups excluding carboxylic acids is 1. The fraction of sp³-hybridized carbons (Fsp3) is 0.417. The first-order chi connectivity index (χ1) is 8.13. The Morgan fingerprint density at radius 3 is 2.78 bits per heavy atom. The first-order valence-electron chi connectivity index (χ1n) is 5.39. The molecular weight excluding hydrogens is 275 g/mol. The highest BCUT2D eigenvalue weighted by Gasteiger charge is 2.03. The summed E-state index contributed by atoms with van der Waals surface area (Å²) >= 11 is 5.96. The Morgan fingerprint density at radius 1 is 1.44 bits per heavy atom. The van der Waals surface area contributed by atoms with E-state index in [0.717, 1.165) is 5.56 Å². The van der Waals surface area contributed by atoms with Crippen molar-refractivity contribution in [1.29, 1.82) is 0 Å². The van der Waals surface area contributed by atoms with Gasteiger partial charge in [0, 0.05) is 24.4 Å². The van der Waals surface area contributed by atoms with Crippen LogP contribution in [0.1, 0.15) is 5.56 Å². The Balaban J connectivity index is 0.00000289. The maximum atomic E-state index is 11.5. The van der Waals surface area contributed by atoms with Crippen molar-refractivity contribution in [2.75, 3.05) is 32.1 Å². The van der Waals surface area contributed by atoms with E-state index in [-0.39, 0.29) is 24.9 Å². The minimum atomic E-state index is -0.0963. The number of anilines is 1. The van der Waals surface area contributed by atoms with E-state index in [1.165, 1.54) is 0 Å². The maximum Gasteiger partial charge on any atom is 0.238 e. The summed E-state index contributed by atoms with van der Waals surface area (Å²) in [4.78, 5) is 11.5. The largest absolute Gasteiger partial charge is 0.383 e. The van der Waals surface area contributed by atoms with E-state index < -0.39 is 0 Å². The van der Waals surface area contributed by atoms with Crippen LogP contribution in [0, 0.1) is 6.92 Å². The minimum Gasteiger partial charge on any atom is -0.383 e. The van der Waals surface area contributed by atoms with E-state index in [4.69, 9.17) is 16.3 Å². The number of halogens is 2. The van der Waals surface area contributed by atoms with Crippen LogP contribution in [0.4, 0.5) is 5.69 Å². The molecule has 0 bridgehead atoms. The van der Waals surface area contributed by atoms with Crippen molar-refractivity contribution in [2.24, 2.45) is 0 Å². The van der Waals surface area contributed by atoms with Crippen LogP contribution in [0.25, 0.3) is 0 Å². The number of hydrogen-bond donors (Lipinski definition) is 2. The third-order valence-corrected chi connectivity index (χ3v) is 2.63. The van der Waals surface area contributed by atoms with Gasteiger partial charge in [-0.05, 0) is 24.6 Å². The molecule has 0 atom stereocenters. The van der Waals surface area contributed by atoms with E-state index in [1.54, 1.807) is 13.2 Å². The van der Waals surface area contributed by atoms with Gasteiger partial charge < -0.3 is 15.4 Å². The number of carbonyl (C=O) groups is 1. The van der Waals surface area contributed by atoms with Crippen LogP contribution >= 0.6 is 24.0 Å². The zero-order valence-electron chi connectivity index (χ0n) is 10.5. The van der Waals surface area contributed by atoms with Gasteiger partial charge in [0.25, 0.3) is 0 Å². The summed E-state index contributed by atoms with van der Waals surface area (Å²) in [5.41, 5.74) is 1.70. The molecular formula is C12H18Cl2N2O2. The highest BCUT2D eigenvalue weighted by molar-refractivity contribution is 6.31. The highest BCUT2D eigenvalue weighted by atomic mass is 35.5. The summed E-state index contributed by atoms with van der Waals surface area (Å²) < 4.78 is 4.86. The molecule has 4 nitrogen and oxygen atoms in total. The lowest BCUT2D eigenvalue weighted by Gasteiger charge is -2.07. The minimum absolute atomic E-state index is 0. The monoisotopic (exact) mass is 292 g/mol. The van der Waals surface area contributed by atoms with Gasteiger partial charge in [-0.15, -0.1) is 12.4 Å². The smallest absolute Gasteiger partial charge is 0.238 e. The van der Waals surface area contributed by atoms with Crippen molar-refractivity contribution in [3.05, 3.63) is 28.8 Å². The number of aryl methyl sites for hydroxylation is 1. The van der Waals surface area contributed by atoms with Gasteiger partial charge in [-0.25, -0.2) is 0 Å². The van der Waals surface area contributed by atoms with Gasteiger partial charge in [-0.1, -0.05) is 17.7 Å². The quantitative estimate of drug-likeness (QED) is 0.791. The molecule has 0 radical (unpaired) electrons. The molecule has 6 heteroatoms. The summed E-state index contributed by atoms with van der Waals surface area (Å²) in [7, 11) is 1.62. The highest BCUT2D eigenvalue weighted by Crippen LogP contribution is 2.19. The van der Waals surface area contributed by atoms with Crippen LogP contribution in [0.15, 0.2) is 18.2 Å². The van der Waals surface area contributed by atoms with Crippen molar-refractivity contribution in [1.82, 2.24) is 5.32 Å². The fourth-order valence-electron chi connectivity index (χ4n) is 1.25. The third kappa shape index (κ3) is 6.21. The van der Waals surface area contributed by atoms with Gasteiger partial charge in [0.1, 0.15) is 0 Å². The molecule has 0 heterocycles. The van der Waals surface area contributed by atoms with Crippen LogP contribution in [-0.4, -0.2) is 32.7 Å². The number of nitrogens with one attached hydrogen (secondary N) is 2. The van der Waals surface area contributed by atoms with Crippen molar-refractivity contribution < 1.29 is 9.53 Å². The number of amides is 1. The van der Waals surface area contributed by atoms with Crippen molar-refractivity contribution in [2.45, 2.75) is 6.92 Å². The predicted molar refractivity (Wildman–Crippen MR) is 76.8 cm³/mol. The number of hydrogen-bond acceptors (Lipinski definition) is 3. The lowest BCUT2D eigenvalue weighted by molar-refractivity contribution is -0.115. The first-order valence-corrected chi connectivity index (χ1v) is 5.77. The normalized spacial score (nSPS) is 9.72. The van der Waals surface area contributed by atoms with E-state index in [1.807, 2.05) is 19.1 Å². The van der Waals surface area contributed by atoms with E-state index in [9.17, 15) is 4.79 Å². The molecule has 0 spiro atoms. The summed E-state index contributed by atoms with van der Waals surface area (Å²) in [5.74, 6) is -0.0963. The third-order valence-electron chi connectivity index (χ3n) is 2.22. The Bertz CT molecular complexity index is 386. The van der Waals surface area contributed by atoms with E-state index in [0.29, 0.717) is 23.9 Å². The van der Waals surface area contributed by atoms with Crippen molar-refractivity contribution in [3.63, 3.8) is 0 Å². The zero-order chi connectivity index (χ0) is 12.7. The summed E-state index contributed by atoms with van der Waals surface area (Å²) in [6.45, 7) is 3.41. The van der Waals surface area contributed by atoms with Crippen molar-refractivity contribution in [3.8, 4) is 0 Å². The zero-order valence-corrected chi connectivity index (χ0v) is 12.0. The standard InChI is InChI=1S/C12H17ClN2O2.ClH/c1-9-3-4-10(7-11(9)13)15-12(16)8-14-5-6-17-2;/h3-4,7,14H,5-6,8H2,1-2H3,(H,15,16);1H. The Labute approximate surface area is 118 Å². The average molecular weight is 293 g/mol. The first kappa shape index (κ1) is 17.2. The summed E-state index contributed by atoms with van der Waals surface area (Å²) in [6, 6.07) is 5.44. The number of ether oxygens (including phenoxy) is 1. The second kappa shape index (κ2) is 9.16. The number of rotatable bonds is 6. The molecule has 1 amide bonds. The van der Waals surface area contributed by atoms with Gasteiger partial charge in [-0.3, -0.25) is 4.79 Å². The van der Waals surface area contributed by atoms with E-state index >= 15 is 0 Å². The molecule has 0 unspecified atom stereocenters. The number of benzene rings is 1. The molecule has 1 aromatic rings. The SMILES string of the molecule is COCCNCC(=O)Nc1ccc(C)c(Cl)c1.Cl. The van der Waals surface area contributed by atoms with E-state index in [2.05, 4.69) is 10.6 Å². The van der Waals surface area contributed by atoms with Gasteiger partial charge in [0.2, 0.25) is 5.91 Å². The Kier molecular flexibility index (Phi) is 8.75.